The smallest absolute Gasteiger partial charge is 0.0681 e. The highest BCUT2D eigenvalue weighted by atomic mass is 16.5. The van der Waals surface area contributed by atoms with Crippen molar-refractivity contribution in [3.63, 3.8) is 0 Å². The number of rotatable bonds is 3. The first kappa shape index (κ1) is 14.2. The second-order valence-corrected chi connectivity index (χ2v) is 5.45. The van der Waals surface area contributed by atoms with Crippen molar-refractivity contribution in [2.24, 2.45) is 0 Å². The molecule has 1 aromatic heterocycles. The van der Waals surface area contributed by atoms with Gasteiger partial charge in [0, 0.05) is 24.7 Å². The molecule has 2 heterocycles. The third-order valence-electron chi connectivity index (χ3n) is 4.16. The molecule has 4 heteroatoms. The van der Waals surface area contributed by atoms with Gasteiger partial charge in [0.15, 0.2) is 0 Å². The summed E-state index contributed by atoms with van der Waals surface area (Å²) in [6.07, 6.45) is 1.91. The van der Waals surface area contributed by atoms with Crippen LogP contribution in [0.1, 0.15) is 24.2 Å². The van der Waals surface area contributed by atoms with Crippen molar-refractivity contribution in [1.82, 2.24) is 15.1 Å². The van der Waals surface area contributed by atoms with Gasteiger partial charge in [-0.25, -0.2) is 0 Å². The van der Waals surface area contributed by atoms with Crippen LogP contribution in [0.5, 0.6) is 0 Å². The molecule has 1 atom stereocenters. The van der Waals surface area contributed by atoms with Crippen molar-refractivity contribution in [3.05, 3.63) is 47.8 Å². The van der Waals surface area contributed by atoms with E-state index in [2.05, 4.69) is 46.3 Å². The second-order valence-electron chi connectivity index (χ2n) is 5.45. The summed E-state index contributed by atoms with van der Waals surface area (Å²) < 4.78 is 5.45. The minimum Gasteiger partial charge on any atom is -0.379 e. The van der Waals surface area contributed by atoms with E-state index in [0.29, 0.717) is 6.04 Å². The van der Waals surface area contributed by atoms with E-state index in [1.807, 2.05) is 19.2 Å². The maximum atomic E-state index is 5.45. The van der Waals surface area contributed by atoms with Crippen LogP contribution in [0.25, 0.3) is 11.1 Å². The lowest BCUT2D eigenvalue weighted by Crippen LogP contribution is -2.38. The third-order valence-corrected chi connectivity index (χ3v) is 4.16. The van der Waals surface area contributed by atoms with Gasteiger partial charge in [-0.2, -0.15) is 10.2 Å². The Morgan fingerprint density at radius 1 is 1.14 bits per heavy atom. The first-order valence-corrected chi connectivity index (χ1v) is 7.47. The number of ether oxygens (including phenoxy) is 1. The number of morpholine rings is 1. The summed E-state index contributed by atoms with van der Waals surface area (Å²) in [4.78, 5) is 2.45. The lowest BCUT2D eigenvalue weighted by Gasteiger charge is -2.33. The first-order chi connectivity index (χ1) is 10.3. The van der Waals surface area contributed by atoms with E-state index < -0.39 is 0 Å². The highest BCUT2D eigenvalue weighted by molar-refractivity contribution is 5.69. The maximum absolute atomic E-state index is 5.45. The maximum Gasteiger partial charge on any atom is 0.0681 e. The topological polar surface area (TPSA) is 38.2 Å². The highest BCUT2D eigenvalue weighted by Gasteiger charge is 2.22. The zero-order chi connectivity index (χ0) is 14.7. The summed E-state index contributed by atoms with van der Waals surface area (Å²) >= 11 is 0. The fraction of sp³-hybridized carbons (Fsp3) is 0.412. The Kier molecular flexibility index (Phi) is 4.27. The number of benzene rings is 1. The molecule has 1 aromatic carbocycles. The average Bonchev–Trinajstić information content (AvgIpc) is 2.55. The van der Waals surface area contributed by atoms with Gasteiger partial charge < -0.3 is 4.74 Å². The molecule has 21 heavy (non-hydrogen) atoms. The van der Waals surface area contributed by atoms with Crippen molar-refractivity contribution in [1.29, 1.82) is 0 Å². The molecule has 0 spiro atoms. The van der Waals surface area contributed by atoms with Crippen LogP contribution in [0.15, 0.2) is 36.5 Å². The molecular weight excluding hydrogens is 262 g/mol. The van der Waals surface area contributed by atoms with Crippen molar-refractivity contribution >= 4 is 0 Å². The van der Waals surface area contributed by atoms with Crippen LogP contribution in [0.3, 0.4) is 0 Å². The highest BCUT2D eigenvalue weighted by Crippen LogP contribution is 2.32. The van der Waals surface area contributed by atoms with E-state index in [-0.39, 0.29) is 0 Å². The zero-order valence-corrected chi connectivity index (χ0v) is 12.6. The number of hydrogen-bond donors (Lipinski definition) is 0. The molecule has 2 aromatic rings. The fourth-order valence-corrected chi connectivity index (χ4v) is 2.96. The molecule has 1 fully saturated rings. The summed E-state index contributed by atoms with van der Waals surface area (Å²) in [5.74, 6) is 0. The summed E-state index contributed by atoms with van der Waals surface area (Å²) in [6.45, 7) is 7.83. The van der Waals surface area contributed by atoms with E-state index in [4.69, 9.17) is 4.74 Å². The predicted molar refractivity (Wildman–Crippen MR) is 83.0 cm³/mol. The van der Waals surface area contributed by atoms with Gasteiger partial charge in [0.1, 0.15) is 0 Å². The zero-order valence-electron chi connectivity index (χ0n) is 12.6. The Labute approximate surface area is 125 Å². The quantitative estimate of drug-likeness (QED) is 0.868. The Balaban J connectivity index is 2.00. The Morgan fingerprint density at radius 2 is 1.86 bits per heavy atom. The van der Waals surface area contributed by atoms with Gasteiger partial charge in [0.2, 0.25) is 0 Å². The van der Waals surface area contributed by atoms with Crippen LogP contribution in [-0.2, 0) is 4.74 Å². The van der Waals surface area contributed by atoms with Crippen molar-refractivity contribution in [2.75, 3.05) is 26.3 Å². The SMILES string of the molecule is Cc1nncc(C(C)N2CCOCC2)c1-c1ccccc1. The number of nitrogens with zero attached hydrogens (tertiary/aromatic N) is 3. The summed E-state index contributed by atoms with van der Waals surface area (Å²) in [5.41, 5.74) is 4.65. The van der Waals surface area contributed by atoms with Crippen LogP contribution in [0.2, 0.25) is 0 Å². The van der Waals surface area contributed by atoms with Crippen molar-refractivity contribution in [3.8, 4) is 11.1 Å². The number of hydrogen-bond acceptors (Lipinski definition) is 4. The minimum absolute atomic E-state index is 0.318. The van der Waals surface area contributed by atoms with Gasteiger partial charge in [-0.15, -0.1) is 0 Å². The molecule has 1 aliphatic heterocycles. The summed E-state index contributed by atoms with van der Waals surface area (Å²) in [5, 5.41) is 8.43. The molecule has 0 amide bonds. The molecule has 0 bridgehead atoms. The lowest BCUT2D eigenvalue weighted by atomic mass is 9.95. The van der Waals surface area contributed by atoms with E-state index in [1.165, 1.54) is 16.7 Å². The number of aryl methyl sites for hydroxylation is 1. The molecule has 0 saturated carbocycles. The molecule has 3 rings (SSSR count). The Bertz CT molecular complexity index is 594. The Morgan fingerprint density at radius 3 is 2.57 bits per heavy atom. The average molecular weight is 283 g/mol. The summed E-state index contributed by atoms with van der Waals surface area (Å²) in [6, 6.07) is 10.8. The molecule has 110 valence electrons. The van der Waals surface area contributed by atoms with Crippen molar-refractivity contribution in [2.45, 2.75) is 19.9 Å². The van der Waals surface area contributed by atoms with Crippen LogP contribution in [0, 0.1) is 6.92 Å². The van der Waals surface area contributed by atoms with Gasteiger partial charge in [-0.3, -0.25) is 4.90 Å². The first-order valence-electron chi connectivity index (χ1n) is 7.47. The fourth-order valence-electron chi connectivity index (χ4n) is 2.96. The van der Waals surface area contributed by atoms with Crippen molar-refractivity contribution < 1.29 is 4.74 Å². The van der Waals surface area contributed by atoms with Crippen LogP contribution < -0.4 is 0 Å². The standard InChI is InChI=1S/C17H21N3O/c1-13-17(15-6-4-3-5-7-15)16(12-18-19-13)14(2)20-8-10-21-11-9-20/h3-7,12,14H,8-11H2,1-2H3. The summed E-state index contributed by atoms with van der Waals surface area (Å²) in [7, 11) is 0. The molecule has 1 saturated heterocycles. The largest absolute Gasteiger partial charge is 0.379 e. The van der Waals surface area contributed by atoms with E-state index >= 15 is 0 Å². The van der Waals surface area contributed by atoms with Crippen LogP contribution >= 0.6 is 0 Å². The van der Waals surface area contributed by atoms with Gasteiger partial charge in [-0.05, 0) is 25.0 Å². The van der Waals surface area contributed by atoms with Gasteiger partial charge in [0.25, 0.3) is 0 Å². The van der Waals surface area contributed by atoms with Crippen LogP contribution in [0.4, 0.5) is 0 Å². The second kappa shape index (κ2) is 6.33. The monoisotopic (exact) mass is 283 g/mol. The normalized spacial score (nSPS) is 17.6. The molecular formula is C17H21N3O. The third kappa shape index (κ3) is 2.96. The van der Waals surface area contributed by atoms with Gasteiger partial charge in [-0.1, -0.05) is 30.3 Å². The molecule has 1 unspecified atom stereocenters. The van der Waals surface area contributed by atoms with E-state index in [1.54, 1.807) is 0 Å². The molecule has 0 N–H and O–H groups in total. The van der Waals surface area contributed by atoms with Gasteiger partial charge in [0.05, 0.1) is 25.1 Å². The molecule has 0 aliphatic carbocycles. The minimum atomic E-state index is 0.318. The Hall–Kier alpha value is -1.78. The van der Waals surface area contributed by atoms with Crippen LogP contribution in [-0.4, -0.2) is 41.4 Å². The molecule has 4 nitrogen and oxygen atoms in total. The molecule has 1 aliphatic rings. The van der Waals surface area contributed by atoms with E-state index in [0.717, 1.165) is 32.0 Å². The van der Waals surface area contributed by atoms with Gasteiger partial charge >= 0.3 is 0 Å². The lowest BCUT2D eigenvalue weighted by molar-refractivity contribution is 0.0198. The van der Waals surface area contributed by atoms with E-state index in [9.17, 15) is 0 Å². The molecule has 0 radical (unpaired) electrons. The number of aromatic nitrogens is 2. The predicted octanol–water partition coefficient (Wildman–Crippen LogP) is 2.85.